The fraction of sp³-hybridized carbons (Fsp3) is 0.300. The van der Waals surface area contributed by atoms with E-state index in [0.29, 0.717) is 17.8 Å². The second-order valence-corrected chi connectivity index (χ2v) is 5.38. The maximum absolute atomic E-state index is 12.0. The molecule has 6 heteroatoms. The van der Waals surface area contributed by atoms with Crippen molar-refractivity contribution in [3.05, 3.63) is 29.8 Å². The SMILES string of the molecule is CN1c2ccccc2C(=O)N(CCCl)P1[O-]. The van der Waals surface area contributed by atoms with Crippen LogP contribution < -0.4 is 9.56 Å². The first-order chi connectivity index (χ1) is 7.66. The van der Waals surface area contributed by atoms with Gasteiger partial charge in [-0.3, -0.25) is 4.79 Å². The van der Waals surface area contributed by atoms with E-state index in [1.807, 2.05) is 6.07 Å². The molecule has 0 saturated carbocycles. The Bertz CT molecular complexity index is 416. The number of carbonyl (C=O) groups is 1. The van der Waals surface area contributed by atoms with Gasteiger partial charge in [-0.05, 0) is 12.1 Å². The maximum atomic E-state index is 12.0. The maximum Gasteiger partial charge on any atom is 0.259 e. The first-order valence-electron chi connectivity index (χ1n) is 4.84. The van der Waals surface area contributed by atoms with Crippen LogP contribution in [0.1, 0.15) is 10.4 Å². The van der Waals surface area contributed by atoms with E-state index in [9.17, 15) is 9.69 Å². The molecule has 0 saturated heterocycles. The highest BCUT2D eigenvalue weighted by atomic mass is 35.5. The Labute approximate surface area is 100 Å². The number of benzene rings is 1. The van der Waals surface area contributed by atoms with Crippen LogP contribution in [0.25, 0.3) is 0 Å². The van der Waals surface area contributed by atoms with E-state index in [1.165, 1.54) is 4.67 Å². The van der Waals surface area contributed by atoms with Crippen molar-refractivity contribution in [2.24, 2.45) is 0 Å². The minimum absolute atomic E-state index is 0.213. The molecule has 1 atom stereocenters. The Kier molecular flexibility index (Phi) is 3.33. The van der Waals surface area contributed by atoms with Gasteiger partial charge in [0.2, 0.25) is 0 Å². The lowest BCUT2D eigenvalue weighted by Gasteiger charge is -2.47. The molecular weight excluding hydrogens is 247 g/mol. The van der Waals surface area contributed by atoms with E-state index < -0.39 is 8.45 Å². The Hall–Kier alpha value is -0.830. The molecule has 0 fully saturated rings. The molecule has 86 valence electrons. The number of para-hydroxylation sites is 1. The van der Waals surface area contributed by atoms with Crippen LogP contribution in [-0.2, 0) is 0 Å². The highest BCUT2D eigenvalue weighted by Gasteiger charge is 2.29. The van der Waals surface area contributed by atoms with Gasteiger partial charge >= 0.3 is 0 Å². The minimum atomic E-state index is -1.87. The van der Waals surface area contributed by atoms with Crippen molar-refractivity contribution in [2.75, 3.05) is 24.1 Å². The standard InChI is InChI=1S/C10H11ClN2O2P/c1-12-9-5-3-2-4-8(9)10(14)13(7-6-11)16(12)15/h2-5H,6-7H2,1H3/q-1. The molecule has 0 aliphatic carbocycles. The Morgan fingerprint density at radius 2 is 2.12 bits per heavy atom. The molecule has 2 rings (SSSR count). The molecule has 1 heterocycles. The minimum Gasteiger partial charge on any atom is -0.796 e. The highest BCUT2D eigenvalue weighted by molar-refractivity contribution is 7.50. The van der Waals surface area contributed by atoms with Crippen LogP contribution in [0.2, 0.25) is 0 Å². The van der Waals surface area contributed by atoms with E-state index >= 15 is 0 Å². The average molecular weight is 258 g/mol. The first-order valence-corrected chi connectivity index (χ1v) is 6.54. The van der Waals surface area contributed by atoms with Crippen LogP contribution in [-0.4, -0.2) is 30.1 Å². The third kappa shape index (κ3) is 1.77. The molecule has 4 nitrogen and oxygen atoms in total. The fourth-order valence-corrected chi connectivity index (χ4v) is 3.18. The molecule has 0 aromatic heterocycles. The van der Waals surface area contributed by atoms with Crippen molar-refractivity contribution in [1.29, 1.82) is 0 Å². The molecule has 1 amide bonds. The fourth-order valence-electron chi connectivity index (χ4n) is 1.67. The van der Waals surface area contributed by atoms with Crippen molar-refractivity contribution in [3.8, 4) is 0 Å². The number of anilines is 1. The summed E-state index contributed by atoms with van der Waals surface area (Å²) in [5.74, 6) is 0.0680. The summed E-state index contributed by atoms with van der Waals surface area (Å²) in [6.07, 6.45) is 0. The number of halogens is 1. The predicted molar refractivity (Wildman–Crippen MR) is 63.5 cm³/mol. The van der Waals surface area contributed by atoms with Gasteiger partial charge in [0.25, 0.3) is 5.91 Å². The van der Waals surface area contributed by atoms with Crippen LogP contribution in [0, 0.1) is 0 Å². The molecule has 0 bridgehead atoms. The lowest BCUT2D eigenvalue weighted by atomic mass is 10.1. The summed E-state index contributed by atoms with van der Waals surface area (Å²) in [4.78, 5) is 24.0. The van der Waals surface area contributed by atoms with Crippen LogP contribution in [0.4, 0.5) is 5.69 Å². The molecule has 1 aliphatic heterocycles. The monoisotopic (exact) mass is 257 g/mol. The largest absolute Gasteiger partial charge is 0.796 e. The molecular formula is C10H11ClN2O2P-. The molecule has 1 aromatic carbocycles. The summed E-state index contributed by atoms with van der Waals surface area (Å²) in [5, 5.41) is 0. The molecule has 0 N–H and O–H groups in total. The van der Waals surface area contributed by atoms with Crippen LogP contribution in [0.3, 0.4) is 0 Å². The van der Waals surface area contributed by atoms with Crippen LogP contribution >= 0.6 is 20.1 Å². The number of hydrogen-bond acceptors (Lipinski definition) is 3. The molecule has 1 unspecified atom stereocenters. The van der Waals surface area contributed by atoms with Gasteiger partial charge in [0.05, 0.1) is 11.3 Å². The van der Waals surface area contributed by atoms with Gasteiger partial charge < -0.3 is 14.2 Å². The molecule has 16 heavy (non-hydrogen) atoms. The van der Waals surface area contributed by atoms with Gasteiger partial charge in [-0.2, -0.15) is 0 Å². The van der Waals surface area contributed by atoms with Gasteiger partial charge in [-0.15, -0.1) is 11.6 Å². The zero-order valence-corrected chi connectivity index (χ0v) is 10.4. The van der Waals surface area contributed by atoms with Gasteiger partial charge in [0.15, 0.2) is 0 Å². The van der Waals surface area contributed by atoms with Crippen LogP contribution in [0.5, 0.6) is 0 Å². The van der Waals surface area contributed by atoms with E-state index in [1.54, 1.807) is 29.9 Å². The number of carbonyl (C=O) groups excluding carboxylic acids is 1. The summed E-state index contributed by atoms with van der Waals surface area (Å²) < 4.78 is 2.92. The normalized spacial score (nSPS) is 19.9. The van der Waals surface area contributed by atoms with E-state index in [4.69, 9.17) is 11.6 Å². The number of nitrogens with zero attached hydrogens (tertiary/aromatic N) is 2. The average Bonchev–Trinajstić information content (AvgIpc) is 2.32. The second kappa shape index (κ2) is 4.58. The number of amides is 1. The lowest BCUT2D eigenvalue weighted by molar-refractivity contribution is -0.169. The third-order valence-electron chi connectivity index (χ3n) is 2.48. The summed E-state index contributed by atoms with van der Waals surface area (Å²) in [6.45, 7) is 0.300. The quantitative estimate of drug-likeness (QED) is 0.594. The first kappa shape index (κ1) is 11.6. The highest BCUT2D eigenvalue weighted by Crippen LogP contribution is 2.45. The molecule has 0 spiro atoms. The number of fused-ring (bicyclic) bond motifs is 1. The van der Waals surface area contributed by atoms with E-state index in [2.05, 4.69) is 0 Å². The Morgan fingerprint density at radius 1 is 1.44 bits per heavy atom. The zero-order valence-electron chi connectivity index (χ0n) is 8.76. The van der Waals surface area contributed by atoms with Gasteiger partial charge in [0, 0.05) is 27.9 Å². The summed E-state index contributed by atoms with van der Waals surface area (Å²) >= 11 is 5.60. The number of rotatable bonds is 2. The zero-order chi connectivity index (χ0) is 11.7. The molecule has 0 radical (unpaired) electrons. The smallest absolute Gasteiger partial charge is 0.259 e. The topological polar surface area (TPSA) is 46.6 Å². The third-order valence-corrected chi connectivity index (χ3v) is 4.17. The van der Waals surface area contributed by atoms with Crippen LogP contribution in [0.15, 0.2) is 24.3 Å². The predicted octanol–water partition coefficient (Wildman–Crippen LogP) is 1.40. The van der Waals surface area contributed by atoms with Crippen molar-refractivity contribution in [1.82, 2.24) is 4.67 Å². The lowest BCUT2D eigenvalue weighted by Crippen LogP contribution is -2.42. The van der Waals surface area contributed by atoms with E-state index in [-0.39, 0.29) is 11.8 Å². The Balaban J connectivity index is 2.43. The summed E-state index contributed by atoms with van der Waals surface area (Å²) in [7, 11) is -0.152. The Morgan fingerprint density at radius 3 is 2.81 bits per heavy atom. The molecule has 1 aliphatic rings. The molecule has 1 aromatic rings. The number of alkyl halides is 1. The van der Waals surface area contributed by atoms with Crippen molar-refractivity contribution >= 4 is 31.6 Å². The summed E-state index contributed by atoms with van der Waals surface area (Å²) in [5.41, 5.74) is 1.28. The summed E-state index contributed by atoms with van der Waals surface area (Å²) in [6, 6.07) is 7.14. The van der Waals surface area contributed by atoms with Gasteiger partial charge in [0.1, 0.15) is 0 Å². The van der Waals surface area contributed by atoms with Crippen molar-refractivity contribution < 1.29 is 9.69 Å². The van der Waals surface area contributed by atoms with Crippen molar-refractivity contribution in [3.63, 3.8) is 0 Å². The second-order valence-electron chi connectivity index (χ2n) is 3.41. The van der Waals surface area contributed by atoms with Gasteiger partial charge in [-0.1, -0.05) is 12.1 Å². The van der Waals surface area contributed by atoms with Crippen molar-refractivity contribution in [2.45, 2.75) is 0 Å². The number of hydrogen-bond donors (Lipinski definition) is 0. The van der Waals surface area contributed by atoms with Gasteiger partial charge in [-0.25, -0.2) is 0 Å². The van der Waals surface area contributed by atoms with E-state index in [0.717, 1.165) is 0 Å².